The van der Waals surface area contributed by atoms with Gasteiger partial charge in [-0.1, -0.05) is 49.6 Å². The molecule has 0 saturated heterocycles. The maximum atomic E-state index is 3.50. The summed E-state index contributed by atoms with van der Waals surface area (Å²) in [6.45, 7) is 2.35. The molecule has 2 nitrogen and oxygen atoms in total. The summed E-state index contributed by atoms with van der Waals surface area (Å²) < 4.78 is 0. The van der Waals surface area contributed by atoms with Gasteiger partial charge in [-0.15, -0.1) is 0 Å². The molecule has 1 saturated carbocycles. The van der Waals surface area contributed by atoms with Crippen LogP contribution >= 0.6 is 0 Å². The van der Waals surface area contributed by atoms with Crippen molar-refractivity contribution >= 4 is 0 Å². The van der Waals surface area contributed by atoms with Crippen molar-refractivity contribution in [3.63, 3.8) is 0 Å². The normalized spacial score (nSPS) is 20.4. The van der Waals surface area contributed by atoms with E-state index in [1.54, 1.807) is 0 Å². The first-order valence-corrected chi connectivity index (χ1v) is 7.68. The lowest BCUT2D eigenvalue weighted by Crippen LogP contribution is -2.45. The highest BCUT2D eigenvalue weighted by Gasteiger charge is 2.27. The van der Waals surface area contributed by atoms with Crippen LogP contribution in [0, 0.1) is 0 Å². The Labute approximate surface area is 118 Å². The predicted molar refractivity (Wildman–Crippen MR) is 82.3 cm³/mol. The molecule has 1 N–H and O–H groups in total. The van der Waals surface area contributed by atoms with Gasteiger partial charge in [0.15, 0.2) is 0 Å². The van der Waals surface area contributed by atoms with Crippen molar-refractivity contribution in [2.45, 2.75) is 57.2 Å². The van der Waals surface area contributed by atoms with E-state index in [0.29, 0.717) is 12.1 Å². The average molecular weight is 260 g/mol. The molecule has 0 heterocycles. The Hall–Kier alpha value is -0.860. The molecular formula is C17H28N2. The van der Waals surface area contributed by atoms with Crippen LogP contribution in [-0.2, 0) is 0 Å². The standard InChI is InChI=1S/C17H28N2/c1-14(19(3)16-12-8-5-9-13-16)17(18-2)15-10-6-4-7-11-15/h4,6-7,10-11,14,16-18H,5,8-9,12-13H2,1-3H3. The number of rotatable bonds is 5. The van der Waals surface area contributed by atoms with Crippen molar-refractivity contribution in [1.29, 1.82) is 0 Å². The Morgan fingerprint density at radius 1 is 1.11 bits per heavy atom. The molecule has 1 aliphatic rings. The van der Waals surface area contributed by atoms with Gasteiger partial charge in [0.2, 0.25) is 0 Å². The van der Waals surface area contributed by atoms with Crippen molar-refractivity contribution in [3.8, 4) is 0 Å². The van der Waals surface area contributed by atoms with E-state index in [0.717, 1.165) is 6.04 Å². The van der Waals surface area contributed by atoms with E-state index < -0.39 is 0 Å². The zero-order valence-electron chi connectivity index (χ0n) is 12.6. The minimum Gasteiger partial charge on any atom is -0.312 e. The van der Waals surface area contributed by atoms with Crippen LogP contribution in [0.1, 0.15) is 50.6 Å². The van der Waals surface area contributed by atoms with Crippen LogP contribution in [0.15, 0.2) is 30.3 Å². The summed E-state index contributed by atoms with van der Waals surface area (Å²) in [7, 11) is 4.37. The molecule has 0 aromatic heterocycles. The molecule has 0 spiro atoms. The van der Waals surface area contributed by atoms with Crippen molar-refractivity contribution in [1.82, 2.24) is 10.2 Å². The Kier molecular flexibility index (Phi) is 5.41. The first-order valence-electron chi connectivity index (χ1n) is 7.68. The fraction of sp³-hybridized carbons (Fsp3) is 0.647. The van der Waals surface area contributed by atoms with Crippen LogP contribution in [0.4, 0.5) is 0 Å². The molecule has 2 atom stereocenters. The third-order valence-corrected chi connectivity index (χ3v) is 4.75. The lowest BCUT2D eigenvalue weighted by molar-refractivity contribution is 0.122. The quantitative estimate of drug-likeness (QED) is 0.870. The smallest absolute Gasteiger partial charge is 0.0472 e. The third kappa shape index (κ3) is 3.58. The van der Waals surface area contributed by atoms with E-state index in [2.05, 4.69) is 61.6 Å². The van der Waals surface area contributed by atoms with E-state index in [4.69, 9.17) is 0 Å². The molecular weight excluding hydrogens is 232 g/mol. The van der Waals surface area contributed by atoms with Crippen molar-refractivity contribution in [2.75, 3.05) is 14.1 Å². The van der Waals surface area contributed by atoms with Crippen LogP contribution in [-0.4, -0.2) is 31.1 Å². The molecule has 0 amide bonds. The first-order chi connectivity index (χ1) is 9.24. The van der Waals surface area contributed by atoms with Crippen LogP contribution in [0.5, 0.6) is 0 Å². The molecule has 0 bridgehead atoms. The molecule has 1 aromatic carbocycles. The fourth-order valence-corrected chi connectivity index (χ4v) is 3.40. The summed E-state index contributed by atoms with van der Waals surface area (Å²) >= 11 is 0. The molecule has 0 radical (unpaired) electrons. The van der Waals surface area contributed by atoms with Gasteiger partial charge in [-0.3, -0.25) is 4.90 Å². The molecule has 2 rings (SSSR count). The second-order valence-electron chi connectivity index (χ2n) is 5.87. The zero-order valence-corrected chi connectivity index (χ0v) is 12.6. The van der Waals surface area contributed by atoms with Crippen LogP contribution in [0.2, 0.25) is 0 Å². The number of likely N-dealkylation sites (N-methyl/N-ethyl adjacent to an activating group) is 2. The van der Waals surface area contributed by atoms with Gasteiger partial charge in [-0.05, 0) is 39.4 Å². The minimum absolute atomic E-state index is 0.410. The summed E-state index contributed by atoms with van der Waals surface area (Å²) in [4.78, 5) is 2.59. The number of nitrogens with zero attached hydrogens (tertiary/aromatic N) is 1. The fourth-order valence-electron chi connectivity index (χ4n) is 3.40. The van der Waals surface area contributed by atoms with Crippen molar-refractivity contribution < 1.29 is 0 Å². The third-order valence-electron chi connectivity index (χ3n) is 4.75. The SMILES string of the molecule is CNC(c1ccccc1)C(C)N(C)C1CCCCC1. The Morgan fingerprint density at radius 2 is 1.74 bits per heavy atom. The largest absolute Gasteiger partial charge is 0.312 e. The summed E-state index contributed by atoms with van der Waals surface area (Å²) in [6, 6.07) is 12.5. The average Bonchev–Trinajstić information content (AvgIpc) is 2.49. The summed E-state index contributed by atoms with van der Waals surface area (Å²) in [5.41, 5.74) is 1.39. The molecule has 1 fully saturated rings. The lowest BCUT2D eigenvalue weighted by Gasteiger charge is -2.39. The van der Waals surface area contributed by atoms with Crippen molar-refractivity contribution in [2.24, 2.45) is 0 Å². The summed E-state index contributed by atoms with van der Waals surface area (Å²) in [5, 5.41) is 3.50. The Bertz CT molecular complexity index is 357. The van der Waals surface area contributed by atoms with Gasteiger partial charge in [0, 0.05) is 18.1 Å². The number of hydrogen-bond donors (Lipinski definition) is 1. The number of hydrogen-bond acceptors (Lipinski definition) is 2. The molecule has 1 aromatic rings. The highest BCUT2D eigenvalue weighted by Crippen LogP contribution is 2.27. The highest BCUT2D eigenvalue weighted by molar-refractivity contribution is 5.20. The molecule has 106 valence electrons. The number of benzene rings is 1. The van der Waals surface area contributed by atoms with Gasteiger partial charge in [0.25, 0.3) is 0 Å². The Balaban J connectivity index is 2.05. The molecule has 2 unspecified atom stereocenters. The molecule has 2 heteroatoms. The van der Waals surface area contributed by atoms with Gasteiger partial charge in [0.1, 0.15) is 0 Å². The van der Waals surface area contributed by atoms with Gasteiger partial charge in [-0.25, -0.2) is 0 Å². The maximum Gasteiger partial charge on any atom is 0.0472 e. The molecule has 1 aliphatic carbocycles. The van der Waals surface area contributed by atoms with E-state index >= 15 is 0 Å². The number of nitrogens with one attached hydrogen (secondary N) is 1. The maximum absolute atomic E-state index is 3.50. The van der Waals surface area contributed by atoms with E-state index in [-0.39, 0.29) is 0 Å². The second-order valence-corrected chi connectivity index (χ2v) is 5.87. The van der Waals surface area contributed by atoms with Gasteiger partial charge in [0.05, 0.1) is 0 Å². The first kappa shape index (κ1) is 14.5. The highest BCUT2D eigenvalue weighted by atomic mass is 15.2. The topological polar surface area (TPSA) is 15.3 Å². The van der Waals surface area contributed by atoms with Gasteiger partial charge >= 0.3 is 0 Å². The summed E-state index contributed by atoms with van der Waals surface area (Å²) in [5.74, 6) is 0. The monoisotopic (exact) mass is 260 g/mol. The second kappa shape index (κ2) is 7.06. The molecule has 19 heavy (non-hydrogen) atoms. The van der Waals surface area contributed by atoms with Crippen LogP contribution in [0.25, 0.3) is 0 Å². The lowest BCUT2D eigenvalue weighted by atomic mass is 9.91. The Morgan fingerprint density at radius 3 is 2.32 bits per heavy atom. The van der Waals surface area contributed by atoms with E-state index in [1.807, 2.05) is 0 Å². The van der Waals surface area contributed by atoms with Crippen LogP contribution in [0.3, 0.4) is 0 Å². The van der Waals surface area contributed by atoms with E-state index in [1.165, 1.54) is 37.7 Å². The zero-order chi connectivity index (χ0) is 13.7. The van der Waals surface area contributed by atoms with E-state index in [9.17, 15) is 0 Å². The minimum atomic E-state index is 0.410. The van der Waals surface area contributed by atoms with Crippen molar-refractivity contribution in [3.05, 3.63) is 35.9 Å². The van der Waals surface area contributed by atoms with Gasteiger partial charge < -0.3 is 5.32 Å². The predicted octanol–water partition coefficient (Wildman–Crippen LogP) is 3.60. The van der Waals surface area contributed by atoms with Crippen LogP contribution < -0.4 is 5.32 Å². The van der Waals surface area contributed by atoms with Gasteiger partial charge in [-0.2, -0.15) is 0 Å². The summed E-state index contributed by atoms with van der Waals surface area (Å²) in [6.07, 6.45) is 6.96. The molecule has 0 aliphatic heterocycles.